The Labute approximate surface area is 144 Å². The zero-order chi connectivity index (χ0) is 17.1. The predicted molar refractivity (Wildman–Crippen MR) is 94.8 cm³/mol. The van der Waals surface area contributed by atoms with Crippen LogP contribution in [0.3, 0.4) is 0 Å². The third-order valence-electron chi connectivity index (χ3n) is 4.09. The van der Waals surface area contributed by atoms with Crippen molar-refractivity contribution in [1.29, 1.82) is 0 Å². The number of halogens is 1. The second kappa shape index (κ2) is 6.97. The van der Waals surface area contributed by atoms with Gasteiger partial charge >= 0.3 is 0 Å². The van der Waals surface area contributed by atoms with Gasteiger partial charge in [0, 0.05) is 37.7 Å². The molecule has 0 atom stereocenters. The number of nitrogen functional groups attached to an aromatic ring is 1. The molecule has 0 bridgehead atoms. The summed E-state index contributed by atoms with van der Waals surface area (Å²) < 4.78 is 5.90. The van der Waals surface area contributed by atoms with Crippen LogP contribution in [0.1, 0.15) is 12.8 Å². The molecule has 1 heterocycles. The Hall–Kier alpha value is -2.47. The molecule has 2 N–H and O–H groups in total. The number of nitro groups is 1. The molecule has 2 aromatic carbocycles. The number of nitrogens with zero attached hydrogens (tertiary/aromatic N) is 2. The highest BCUT2D eigenvalue weighted by molar-refractivity contribution is 6.33. The van der Waals surface area contributed by atoms with E-state index in [0.717, 1.165) is 31.6 Å². The van der Waals surface area contributed by atoms with Crippen LogP contribution in [0.15, 0.2) is 42.5 Å². The first kappa shape index (κ1) is 16.4. The summed E-state index contributed by atoms with van der Waals surface area (Å²) >= 11 is 6.26. The van der Waals surface area contributed by atoms with Crippen LogP contribution < -0.4 is 15.4 Å². The summed E-state index contributed by atoms with van der Waals surface area (Å²) in [7, 11) is 0. The lowest BCUT2D eigenvalue weighted by atomic mass is 10.1. The molecule has 2 aromatic rings. The molecule has 0 aliphatic carbocycles. The molecule has 24 heavy (non-hydrogen) atoms. The van der Waals surface area contributed by atoms with Crippen molar-refractivity contribution >= 4 is 28.7 Å². The minimum atomic E-state index is -0.418. The standard InChI is InChI=1S/C17H18ClN3O3/c18-16-10-12(19)4-5-17(16)20-8-6-14(7-9-20)24-15-3-1-2-13(11-15)21(22)23/h1-5,10-11,14H,6-9,19H2. The van der Waals surface area contributed by atoms with Gasteiger partial charge in [-0.05, 0) is 24.3 Å². The van der Waals surface area contributed by atoms with E-state index < -0.39 is 4.92 Å². The summed E-state index contributed by atoms with van der Waals surface area (Å²) in [6, 6.07) is 11.8. The molecule has 1 fully saturated rings. The molecular weight excluding hydrogens is 330 g/mol. The lowest BCUT2D eigenvalue weighted by molar-refractivity contribution is -0.384. The molecule has 0 radical (unpaired) electrons. The molecule has 0 aromatic heterocycles. The van der Waals surface area contributed by atoms with Gasteiger partial charge in [0.25, 0.3) is 5.69 Å². The summed E-state index contributed by atoms with van der Waals surface area (Å²) in [5, 5.41) is 11.5. The minimum absolute atomic E-state index is 0.0378. The fourth-order valence-corrected chi connectivity index (χ4v) is 3.17. The maximum absolute atomic E-state index is 10.8. The molecule has 7 heteroatoms. The number of nitrogens with two attached hydrogens (primary N) is 1. The normalized spacial score (nSPS) is 15.3. The number of ether oxygens (including phenoxy) is 1. The van der Waals surface area contributed by atoms with Crippen molar-refractivity contribution in [1.82, 2.24) is 0 Å². The Bertz CT molecular complexity index is 746. The predicted octanol–water partition coefficient (Wildman–Crippen LogP) is 3.88. The van der Waals surface area contributed by atoms with Gasteiger partial charge in [-0.1, -0.05) is 17.7 Å². The van der Waals surface area contributed by atoms with Crippen LogP contribution in [0.25, 0.3) is 0 Å². The SMILES string of the molecule is Nc1ccc(N2CCC(Oc3cccc([N+](=O)[O-])c3)CC2)c(Cl)c1. The highest BCUT2D eigenvalue weighted by Crippen LogP contribution is 2.31. The number of rotatable bonds is 4. The number of hydrogen-bond donors (Lipinski definition) is 1. The third-order valence-corrected chi connectivity index (χ3v) is 4.39. The Morgan fingerprint density at radius 2 is 1.96 bits per heavy atom. The average molecular weight is 348 g/mol. The molecule has 0 amide bonds. The molecule has 0 saturated carbocycles. The monoisotopic (exact) mass is 347 g/mol. The van der Waals surface area contributed by atoms with Crippen LogP contribution in [0, 0.1) is 10.1 Å². The van der Waals surface area contributed by atoms with Gasteiger partial charge in [-0.15, -0.1) is 0 Å². The number of benzene rings is 2. The topological polar surface area (TPSA) is 81.6 Å². The van der Waals surface area contributed by atoms with Gasteiger partial charge < -0.3 is 15.4 Å². The fourth-order valence-electron chi connectivity index (χ4n) is 2.86. The summed E-state index contributed by atoms with van der Waals surface area (Å²) in [4.78, 5) is 12.6. The quantitative estimate of drug-likeness (QED) is 0.515. The van der Waals surface area contributed by atoms with Crippen LogP contribution in [-0.4, -0.2) is 24.1 Å². The number of non-ortho nitro benzene ring substituents is 1. The molecule has 6 nitrogen and oxygen atoms in total. The van der Waals surface area contributed by atoms with Gasteiger partial charge in [-0.25, -0.2) is 0 Å². The summed E-state index contributed by atoms with van der Waals surface area (Å²) in [6.07, 6.45) is 1.68. The first-order valence-corrected chi connectivity index (χ1v) is 8.12. The van der Waals surface area contributed by atoms with E-state index in [1.807, 2.05) is 12.1 Å². The smallest absolute Gasteiger partial charge is 0.273 e. The maximum atomic E-state index is 10.8. The van der Waals surface area contributed by atoms with Crippen molar-refractivity contribution in [3.05, 3.63) is 57.6 Å². The van der Waals surface area contributed by atoms with E-state index in [-0.39, 0.29) is 11.8 Å². The van der Waals surface area contributed by atoms with E-state index in [1.165, 1.54) is 12.1 Å². The van der Waals surface area contributed by atoms with Gasteiger partial charge in [-0.3, -0.25) is 10.1 Å². The van der Waals surface area contributed by atoms with Crippen LogP contribution in [0.5, 0.6) is 5.75 Å². The van der Waals surface area contributed by atoms with E-state index in [0.29, 0.717) is 16.5 Å². The largest absolute Gasteiger partial charge is 0.490 e. The van der Waals surface area contributed by atoms with Crippen molar-refractivity contribution in [2.24, 2.45) is 0 Å². The molecule has 1 saturated heterocycles. The van der Waals surface area contributed by atoms with Crippen molar-refractivity contribution in [3.63, 3.8) is 0 Å². The third kappa shape index (κ3) is 3.71. The van der Waals surface area contributed by atoms with Crippen molar-refractivity contribution in [2.75, 3.05) is 23.7 Å². The summed E-state index contributed by atoms with van der Waals surface area (Å²) in [5.41, 5.74) is 7.39. The Kier molecular flexibility index (Phi) is 4.76. The van der Waals surface area contributed by atoms with Crippen molar-refractivity contribution < 1.29 is 9.66 Å². The van der Waals surface area contributed by atoms with Crippen LogP contribution >= 0.6 is 11.6 Å². The number of piperidine rings is 1. The first-order chi connectivity index (χ1) is 11.5. The second-order valence-electron chi connectivity index (χ2n) is 5.77. The van der Waals surface area contributed by atoms with Crippen molar-refractivity contribution in [2.45, 2.75) is 18.9 Å². The lowest BCUT2D eigenvalue weighted by Gasteiger charge is -2.34. The van der Waals surface area contributed by atoms with Gasteiger partial charge in [0.15, 0.2) is 0 Å². The Morgan fingerprint density at radius 1 is 1.21 bits per heavy atom. The molecule has 3 rings (SSSR count). The van der Waals surface area contributed by atoms with Gasteiger partial charge in [0.2, 0.25) is 0 Å². The van der Waals surface area contributed by atoms with E-state index in [4.69, 9.17) is 22.1 Å². The van der Waals surface area contributed by atoms with Gasteiger partial charge in [-0.2, -0.15) is 0 Å². The van der Waals surface area contributed by atoms with Gasteiger partial charge in [0.05, 0.1) is 21.7 Å². The maximum Gasteiger partial charge on any atom is 0.273 e. The first-order valence-electron chi connectivity index (χ1n) is 7.74. The summed E-state index contributed by atoms with van der Waals surface area (Å²) in [5.74, 6) is 0.535. The summed E-state index contributed by atoms with van der Waals surface area (Å²) in [6.45, 7) is 1.62. The second-order valence-corrected chi connectivity index (χ2v) is 6.18. The number of hydrogen-bond acceptors (Lipinski definition) is 5. The average Bonchev–Trinajstić information content (AvgIpc) is 2.56. The van der Waals surface area contributed by atoms with Gasteiger partial charge in [0.1, 0.15) is 11.9 Å². The molecule has 126 valence electrons. The van der Waals surface area contributed by atoms with Crippen LogP contribution in [0.2, 0.25) is 5.02 Å². The molecule has 1 aliphatic rings. The number of anilines is 2. The van der Waals surface area contributed by atoms with E-state index in [1.54, 1.807) is 18.2 Å². The highest BCUT2D eigenvalue weighted by atomic mass is 35.5. The minimum Gasteiger partial charge on any atom is -0.490 e. The number of nitro benzene ring substituents is 1. The fraction of sp³-hybridized carbons (Fsp3) is 0.294. The van der Waals surface area contributed by atoms with E-state index >= 15 is 0 Å². The Balaban J connectivity index is 1.61. The highest BCUT2D eigenvalue weighted by Gasteiger charge is 2.22. The Morgan fingerprint density at radius 3 is 2.62 bits per heavy atom. The zero-order valence-corrected chi connectivity index (χ0v) is 13.8. The van der Waals surface area contributed by atoms with E-state index in [2.05, 4.69) is 4.90 Å². The lowest BCUT2D eigenvalue weighted by Crippen LogP contribution is -2.38. The van der Waals surface area contributed by atoms with E-state index in [9.17, 15) is 10.1 Å². The van der Waals surface area contributed by atoms with Crippen LogP contribution in [0.4, 0.5) is 17.1 Å². The molecular formula is C17H18ClN3O3. The van der Waals surface area contributed by atoms with Crippen LogP contribution in [-0.2, 0) is 0 Å². The molecule has 0 spiro atoms. The van der Waals surface area contributed by atoms with Crippen molar-refractivity contribution in [3.8, 4) is 5.75 Å². The zero-order valence-electron chi connectivity index (χ0n) is 13.0. The molecule has 0 unspecified atom stereocenters. The molecule has 1 aliphatic heterocycles.